The standard InChI is InChI=1S/C21H31N5O2/c1-3-22-21(23-11-14-27-16-20-9-5-13-28-20)25-17(2)18-7-4-8-19(15-18)26-12-6-10-24-26/h4,6-8,10,12,15,17,20H,3,5,9,11,13-14,16H2,1-2H3,(H2,22,23,25). The maximum Gasteiger partial charge on any atom is 0.191 e. The van der Waals surface area contributed by atoms with Crippen molar-refractivity contribution in [2.24, 2.45) is 4.99 Å². The van der Waals surface area contributed by atoms with Crippen LogP contribution in [0.25, 0.3) is 5.69 Å². The van der Waals surface area contributed by atoms with Crippen LogP contribution in [0.4, 0.5) is 0 Å². The van der Waals surface area contributed by atoms with Gasteiger partial charge in [0.1, 0.15) is 0 Å². The number of hydrogen-bond donors (Lipinski definition) is 2. The van der Waals surface area contributed by atoms with Gasteiger partial charge in [0.2, 0.25) is 0 Å². The van der Waals surface area contributed by atoms with Crippen LogP contribution in [0.3, 0.4) is 0 Å². The summed E-state index contributed by atoms with van der Waals surface area (Å²) in [5.41, 5.74) is 2.22. The normalized spacial score (nSPS) is 18.2. The van der Waals surface area contributed by atoms with Gasteiger partial charge in [-0.25, -0.2) is 4.68 Å². The van der Waals surface area contributed by atoms with Crippen LogP contribution in [0, 0.1) is 0 Å². The van der Waals surface area contributed by atoms with Crippen molar-refractivity contribution in [3.63, 3.8) is 0 Å². The number of nitrogens with zero attached hydrogens (tertiary/aromatic N) is 3. The molecular formula is C21H31N5O2. The lowest BCUT2D eigenvalue weighted by Crippen LogP contribution is -2.39. The first-order valence-electron chi connectivity index (χ1n) is 10.1. The summed E-state index contributed by atoms with van der Waals surface area (Å²) in [5.74, 6) is 0.792. The zero-order chi connectivity index (χ0) is 19.6. The fraction of sp³-hybridized carbons (Fsp3) is 0.524. The molecule has 28 heavy (non-hydrogen) atoms. The van der Waals surface area contributed by atoms with E-state index in [9.17, 15) is 0 Å². The summed E-state index contributed by atoms with van der Waals surface area (Å²) in [7, 11) is 0. The molecule has 0 spiro atoms. The fourth-order valence-electron chi connectivity index (χ4n) is 3.18. The summed E-state index contributed by atoms with van der Waals surface area (Å²) in [4.78, 5) is 4.63. The highest BCUT2D eigenvalue weighted by Gasteiger charge is 2.15. The SMILES string of the molecule is CCNC(=NCCOCC1CCCO1)NC(C)c1cccc(-n2cccn2)c1. The van der Waals surface area contributed by atoms with Crippen molar-refractivity contribution in [2.75, 3.05) is 32.9 Å². The van der Waals surface area contributed by atoms with Crippen molar-refractivity contribution < 1.29 is 9.47 Å². The van der Waals surface area contributed by atoms with Gasteiger partial charge in [0, 0.05) is 25.5 Å². The molecule has 2 unspecified atom stereocenters. The molecule has 2 heterocycles. The molecule has 0 saturated carbocycles. The first kappa shape index (κ1) is 20.4. The van der Waals surface area contributed by atoms with E-state index in [1.807, 2.05) is 29.1 Å². The van der Waals surface area contributed by atoms with Gasteiger partial charge in [0.15, 0.2) is 5.96 Å². The lowest BCUT2D eigenvalue weighted by atomic mass is 10.1. The van der Waals surface area contributed by atoms with Crippen LogP contribution in [0.1, 0.15) is 38.3 Å². The second kappa shape index (κ2) is 10.8. The van der Waals surface area contributed by atoms with Gasteiger partial charge in [-0.3, -0.25) is 4.99 Å². The summed E-state index contributed by atoms with van der Waals surface area (Å²) >= 11 is 0. The molecule has 1 aliphatic rings. The van der Waals surface area contributed by atoms with Gasteiger partial charge in [-0.2, -0.15) is 5.10 Å². The monoisotopic (exact) mass is 385 g/mol. The van der Waals surface area contributed by atoms with Crippen LogP contribution < -0.4 is 10.6 Å². The zero-order valence-corrected chi connectivity index (χ0v) is 16.8. The van der Waals surface area contributed by atoms with Gasteiger partial charge in [-0.15, -0.1) is 0 Å². The molecule has 152 valence electrons. The molecule has 2 aromatic rings. The highest BCUT2D eigenvalue weighted by atomic mass is 16.5. The highest BCUT2D eigenvalue weighted by molar-refractivity contribution is 5.80. The molecule has 0 amide bonds. The summed E-state index contributed by atoms with van der Waals surface area (Å²) in [6.07, 6.45) is 6.23. The Balaban J connectivity index is 1.51. The van der Waals surface area contributed by atoms with Crippen molar-refractivity contribution in [1.29, 1.82) is 0 Å². The van der Waals surface area contributed by atoms with Crippen molar-refractivity contribution >= 4 is 5.96 Å². The first-order chi connectivity index (χ1) is 13.8. The number of guanidine groups is 1. The molecule has 0 radical (unpaired) electrons. The number of ether oxygens (including phenoxy) is 2. The van der Waals surface area contributed by atoms with Crippen LogP contribution in [0.15, 0.2) is 47.7 Å². The minimum atomic E-state index is 0.112. The molecule has 2 atom stereocenters. The van der Waals surface area contributed by atoms with Crippen molar-refractivity contribution in [2.45, 2.75) is 38.8 Å². The number of aromatic nitrogens is 2. The molecular weight excluding hydrogens is 354 g/mol. The second-order valence-corrected chi connectivity index (χ2v) is 6.88. The molecule has 1 saturated heterocycles. The van der Waals surface area contributed by atoms with E-state index < -0.39 is 0 Å². The first-order valence-corrected chi connectivity index (χ1v) is 10.1. The van der Waals surface area contributed by atoms with Gasteiger partial charge < -0.3 is 20.1 Å². The van der Waals surface area contributed by atoms with Crippen LogP contribution in [0.2, 0.25) is 0 Å². The second-order valence-electron chi connectivity index (χ2n) is 6.88. The van der Waals surface area contributed by atoms with Crippen LogP contribution in [-0.2, 0) is 9.47 Å². The average Bonchev–Trinajstić information content (AvgIpc) is 3.42. The van der Waals surface area contributed by atoms with Gasteiger partial charge in [0.25, 0.3) is 0 Å². The lowest BCUT2D eigenvalue weighted by Gasteiger charge is -2.19. The molecule has 7 nitrogen and oxygen atoms in total. The topological polar surface area (TPSA) is 72.7 Å². The van der Waals surface area contributed by atoms with E-state index in [2.05, 4.69) is 46.7 Å². The van der Waals surface area contributed by atoms with Gasteiger partial charge in [0.05, 0.1) is 37.6 Å². The molecule has 1 fully saturated rings. The Labute approximate surface area is 167 Å². The van der Waals surface area contributed by atoms with Crippen LogP contribution >= 0.6 is 0 Å². The van der Waals surface area contributed by atoms with E-state index in [0.717, 1.165) is 37.6 Å². The average molecular weight is 386 g/mol. The number of nitrogens with one attached hydrogen (secondary N) is 2. The molecule has 1 aliphatic heterocycles. The molecule has 1 aromatic carbocycles. The molecule has 7 heteroatoms. The number of hydrogen-bond acceptors (Lipinski definition) is 4. The third-order valence-electron chi connectivity index (χ3n) is 4.67. The number of aliphatic imine (C=N–C) groups is 1. The van der Waals surface area contributed by atoms with Gasteiger partial charge in [-0.1, -0.05) is 12.1 Å². The summed E-state index contributed by atoms with van der Waals surface area (Å²) in [5, 5.41) is 11.1. The Morgan fingerprint density at radius 2 is 2.36 bits per heavy atom. The maximum absolute atomic E-state index is 5.70. The molecule has 1 aromatic heterocycles. The quantitative estimate of drug-likeness (QED) is 0.394. The molecule has 2 N–H and O–H groups in total. The molecule has 0 aliphatic carbocycles. The maximum atomic E-state index is 5.70. The van der Waals surface area contributed by atoms with E-state index >= 15 is 0 Å². The Morgan fingerprint density at radius 1 is 1.43 bits per heavy atom. The van der Waals surface area contributed by atoms with Crippen LogP contribution in [0.5, 0.6) is 0 Å². The minimum Gasteiger partial charge on any atom is -0.377 e. The summed E-state index contributed by atoms with van der Waals surface area (Å²) in [6.45, 7) is 7.73. The summed E-state index contributed by atoms with van der Waals surface area (Å²) < 4.78 is 13.1. The van der Waals surface area contributed by atoms with E-state index in [1.165, 1.54) is 5.56 Å². The fourth-order valence-corrected chi connectivity index (χ4v) is 3.18. The largest absolute Gasteiger partial charge is 0.377 e. The zero-order valence-electron chi connectivity index (χ0n) is 16.8. The highest BCUT2D eigenvalue weighted by Crippen LogP contribution is 2.16. The summed E-state index contributed by atoms with van der Waals surface area (Å²) in [6, 6.07) is 10.4. The predicted molar refractivity (Wildman–Crippen MR) is 111 cm³/mol. The van der Waals surface area contributed by atoms with Gasteiger partial charge in [-0.05, 0) is 50.5 Å². The molecule has 0 bridgehead atoms. The van der Waals surface area contributed by atoms with Crippen LogP contribution in [-0.4, -0.2) is 54.8 Å². The smallest absolute Gasteiger partial charge is 0.191 e. The Bertz CT molecular complexity index is 726. The third kappa shape index (κ3) is 6.07. The number of rotatable bonds is 9. The minimum absolute atomic E-state index is 0.112. The Kier molecular flexibility index (Phi) is 7.87. The van der Waals surface area contributed by atoms with E-state index in [1.54, 1.807) is 6.20 Å². The van der Waals surface area contributed by atoms with E-state index in [0.29, 0.717) is 19.8 Å². The van der Waals surface area contributed by atoms with Gasteiger partial charge >= 0.3 is 0 Å². The lowest BCUT2D eigenvalue weighted by molar-refractivity contribution is 0.0200. The molecule has 3 rings (SSSR count). The Morgan fingerprint density at radius 3 is 3.11 bits per heavy atom. The van der Waals surface area contributed by atoms with Crippen molar-refractivity contribution in [1.82, 2.24) is 20.4 Å². The Hall–Kier alpha value is -2.38. The number of benzene rings is 1. The third-order valence-corrected chi connectivity index (χ3v) is 4.67. The van der Waals surface area contributed by atoms with Crippen molar-refractivity contribution in [3.05, 3.63) is 48.3 Å². The van der Waals surface area contributed by atoms with E-state index in [4.69, 9.17) is 9.47 Å². The predicted octanol–water partition coefficient (Wildman–Crippen LogP) is 2.68. The van der Waals surface area contributed by atoms with E-state index in [-0.39, 0.29) is 12.1 Å². The van der Waals surface area contributed by atoms with Crippen molar-refractivity contribution in [3.8, 4) is 5.69 Å².